The fourth-order valence-electron chi connectivity index (χ4n) is 1.82. The van der Waals surface area contributed by atoms with E-state index in [1.807, 2.05) is 5.41 Å². The topological polar surface area (TPSA) is 21.7 Å². The quantitative estimate of drug-likeness (QED) is 0.633. The van der Waals surface area contributed by atoms with Gasteiger partial charge in [0.05, 0.1) is 13.2 Å². The first-order chi connectivity index (χ1) is 6.35. The molecule has 0 atom stereocenters. The Morgan fingerprint density at radius 2 is 1.85 bits per heavy atom. The summed E-state index contributed by atoms with van der Waals surface area (Å²) in [5.41, 5.74) is 0. The van der Waals surface area contributed by atoms with Crippen LogP contribution in [-0.4, -0.2) is 36.4 Å². The molecule has 2 saturated heterocycles. The highest BCUT2D eigenvalue weighted by Gasteiger charge is 2.39. The number of rotatable bonds is 2. The molecule has 0 unspecified atom stereocenters. The zero-order valence-corrected chi connectivity index (χ0v) is 8.52. The van der Waals surface area contributed by atoms with Crippen LogP contribution < -0.4 is 0 Å². The molecule has 2 aliphatic heterocycles. The molecule has 0 N–H and O–H groups in total. The average Bonchev–Trinajstić information content (AvgIpc) is 2.59. The van der Waals surface area contributed by atoms with Crippen molar-refractivity contribution in [3.63, 3.8) is 0 Å². The van der Waals surface area contributed by atoms with Crippen LogP contribution in [0.15, 0.2) is 12.0 Å². The lowest BCUT2D eigenvalue weighted by atomic mass is 10.1. The van der Waals surface area contributed by atoms with Gasteiger partial charge in [-0.05, 0) is 5.41 Å². The Morgan fingerprint density at radius 3 is 2.38 bits per heavy atom. The van der Waals surface area contributed by atoms with Crippen LogP contribution in [0, 0.1) is 0 Å². The third-order valence-corrected chi connectivity index (χ3v) is 3.33. The number of hydrogen-bond donors (Lipinski definition) is 0. The van der Waals surface area contributed by atoms with Gasteiger partial charge in [0, 0.05) is 25.9 Å². The second-order valence-corrected chi connectivity index (χ2v) is 4.37. The van der Waals surface area contributed by atoms with E-state index in [4.69, 9.17) is 9.47 Å². The van der Waals surface area contributed by atoms with Crippen molar-refractivity contribution in [3.05, 3.63) is 12.0 Å². The molecule has 0 saturated carbocycles. The fraction of sp³-hybridized carbons (Fsp3) is 0.778. The Bertz CT molecular complexity index is 182. The third kappa shape index (κ3) is 2.07. The molecule has 3 nitrogen and oxygen atoms in total. The van der Waals surface area contributed by atoms with Crippen molar-refractivity contribution in [2.24, 2.45) is 0 Å². The maximum absolute atomic E-state index is 5.62. The van der Waals surface area contributed by atoms with E-state index < -0.39 is 0 Å². The molecule has 0 bridgehead atoms. The van der Waals surface area contributed by atoms with Crippen molar-refractivity contribution < 1.29 is 9.47 Å². The third-order valence-electron chi connectivity index (χ3n) is 2.52. The Hall–Kier alpha value is -0.0300. The number of piperidine rings is 1. The van der Waals surface area contributed by atoms with Crippen molar-refractivity contribution in [3.8, 4) is 0 Å². The zero-order chi connectivity index (χ0) is 9.15. The summed E-state index contributed by atoms with van der Waals surface area (Å²) in [5.74, 6) is -0.238. The van der Waals surface area contributed by atoms with Gasteiger partial charge in [-0.3, -0.25) is 0 Å². The molecular weight excluding hydrogens is 186 g/mol. The molecule has 0 amide bonds. The Morgan fingerprint density at radius 1 is 1.23 bits per heavy atom. The van der Waals surface area contributed by atoms with Crippen molar-refractivity contribution in [2.45, 2.75) is 18.6 Å². The second-order valence-electron chi connectivity index (χ2n) is 3.31. The van der Waals surface area contributed by atoms with Crippen LogP contribution in [0.4, 0.5) is 0 Å². The maximum Gasteiger partial charge on any atom is 0.171 e. The van der Waals surface area contributed by atoms with Crippen LogP contribution in [0.1, 0.15) is 12.8 Å². The number of ether oxygens (including phenoxy) is 2. The molecule has 74 valence electrons. The summed E-state index contributed by atoms with van der Waals surface area (Å²) in [6.07, 6.45) is 1.96. The van der Waals surface area contributed by atoms with Crippen molar-refractivity contribution in [2.75, 3.05) is 26.3 Å². The lowest BCUT2D eigenvalue weighted by Gasteiger charge is -2.36. The molecule has 0 aromatic heterocycles. The van der Waals surface area contributed by atoms with Crippen molar-refractivity contribution in [1.82, 2.24) is 4.31 Å². The van der Waals surface area contributed by atoms with Crippen molar-refractivity contribution >= 4 is 11.9 Å². The molecule has 0 aromatic carbocycles. The lowest BCUT2D eigenvalue weighted by molar-refractivity contribution is -0.178. The van der Waals surface area contributed by atoms with Gasteiger partial charge in [-0.1, -0.05) is 18.5 Å². The van der Waals surface area contributed by atoms with E-state index in [9.17, 15) is 0 Å². The molecule has 2 rings (SSSR count). The largest absolute Gasteiger partial charge is 0.347 e. The van der Waals surface area contributed by atoms with Crippen LogP contribution in [0.5, 0.6) is 0 Å². The van der Waals surface area contributed by atoms with Crippen LogP contribution >= 0.6 is 11.9 Å². The minimum atomic E-state index is -0.238. The molecule has 2 fully saturated rings. The summed E-state index contributed by atoms with van der Waals surface area (Å²) in [5, 5.41) is 1.87. The average molecular weight is 201 g/mol. The fourth-order valence-corrected chi connectivity index (χ4v) is 2.43. The molecule has 2 aliphatic rings. The minimum Gasteiger partial charge on any atom is -0.347 e. The minimum absolute atomic E-state index is 0.238. The SMILES string of the molecule is C=CSN1CCC2(CC1)OCCO2. The van der Waals surface area contributed by atoms with Crippen LogP contribution in [0.25, 0.3) is 0 Å². The predicted octanol–water partition coefficient (Wildman–Crippen LogP) is 1.62. The molecule has 0 aromatic rings. The molecule has 1 spiro atoms. The van der Waals surface area contributed by atoms with Crippen LogP contribution in [-0.2, 0) is 9.47 Å². The first-order valence-corrected chi connectivity index (χ1v) is 5.49. The molecule has 2 heterocycles. The summed E-state index contributed by atoms with van der Waals surface area (Å²) in [7, 11) is 0. The van der Waals surface area contributed by atoms with Crippen LogP contribution in [0.3, 0.4) is 0 Å². The first-order valence-electron chi connectivity index (χ1n) is 4.65. The normalized spacial score (nSPS) is 28.0. The molecular formula is C9H15NO2S. The van der Waals surface area contributed by atoms with E-state index in [-0.39, 0.29) is 5.79 Å². The Labute approximate surface area is 83.2 Å². The molecule has 0 radical (unpaired) electrons. The van der Waals surface area contributed by atoms with E-state index in [1.54, 1.807) is 11.9 Å². The van der Waals surface area contributed by atoms with Gasteiger partial charge in [0.15, 0.2) is 5.79 Å². The second kappa shape index (κ2) is 4.00. The van der Waals surface area contributed by atoms with E-state index in [0.29, 0.717) is 0 Å². The Kier molecular flexibility index (Phi) is 2.93. The van der Waals surface area contributed by atoms with Gasteiger partial charge >= 0.3 is 0 Å². The lowest BCUT2D eigenvalue weighted by Crippen LogP contribution is -2.42. The van der Waals surface area contributed by atoms with Crippen molar-refractivity contribution in [1.29, 1.82) is 0 Å². The summed E-state index contributed by atoms with van der Waals surface area (Å²) in [6.45, 7) is 7.27. The maximum atomic E-state index is 5.62. The highest BCUT2D eigenvalue weighted by Crippen LogP contribution is 2.33. The summed E-state index contributed by atoms with van der Waals surface area (Å²) >= 11 is 1.68. The summed E-state index contributed by atoms with van der Waals surface area (Å²) in [6, 6.07) is 0. The summed E-state index contributed by atoms with van der Waals surface area (Å²) in [4.78, 5) is 0. The smallest absolute Gasteiger partial charge is 0.171 e. The van der Waals surface area contributed by atoms with Gasteiger partial charge < -0.3 is 9.47 Å². The molecule has 4 heteroatoms. The number of hydrogen-bond acceptors (Lipinski definition) is 4. The van der Waals surface area contributed by atoms with Gasteiger partial charge in [0.25, 0.3) is 0 Å². The van der Waals surface area contributed by atoms with E-state index in [0.717, 1.165) is 39.1 Å². The first kappa shape index (κ1) is 9.52. The highest BCUT2D eigenvalue weighted by molar-refractivity contribution is 7.99. The van der Waals surface area contributed by atoms with Gasteiger partial charge in [-0.2, -0.15) is 0 Å². The van der Waals surface area contributed by atoms with Gasteiger partial charge in [0.1, 0.15) is 0 Å². The van der Waals surface area contributed by atoms with E-state index >= 15 is 0 Å². The van der Waals surface area contributed by atoms with E-state index in [2.05, 4.69) is 10.9 Å². The van der Waals surface area contributed by atoms with Gasteiger partial charge in [0.2, 0.25) is 0 Å². The summed E-state index contributed by atoms with van der Waals surface area (Å²) < 4.78 is 13.5. The zero-order valence-electron chi connectivity index (χ0n) is 7.70. The van der Waals surface area contributed by atoms with Gasteiger partial charge in [-0.25, -0.2) is 4.31 Å². The Balaban J connectivity index is 1.84. The highest BCUT2D eigenvalue weighted by atomic mass is 32.2. The molecule has 13 heavy (non-hydrogen) atoms. The molecule has 0 aliphatic carbocycles. The number of nitrogens with zero attached hydrogens (tertiary/aromatic N) is 1. The monoisotopic (exact) mass is 201 g/mol. The predicted molar refractivity (Wildman–Crippen MR) is 53.2 cm³/mol. The van der Waals surface area contributed by atoms with Crippen LogP contribution in [0.2, 0.25) is 0 Å². The van der Waals surface area contributed by atoms with Gasteiger partial charge in [-0.15, -0.1) is 0 Å². The standard InChI is InChI=1S/C9H15NO2S/c1-2-13-10-5-3-9(4-6-10)11-7-8-12-9/h2H,1,3-8H2. The van der Waals surface area contributed by atoms with E-state index in [1.165, 1.54) is 0 Å².